The van der Waals surface area contributed by atoms with Gasteiger partial charge in [-0.25, -0.2) is 8.42 Å². The number of aromatic nitrogens is 2. The number of hydrogen-bond donors (Lipinski definition) is 0. The number of sulfone groups is 1. The van der Waals surface area contributed by atoms with Crippen LogP contribution in [-0.2, 0) is 9.84 Å². The number of anilines is 1. The minimum Gasteiger partial charge on any atom is -0.496 e. The molecule has 0 amide bonds. The molecule has 2 aromatic rings. The summed E-state index contributed by atoms with van der Waals surface area (Å²) in [6.45, 7) is 2.02. The molecule has 0 fully saturated rings. The van der Waals surface area contributed by atoms with Crippen LogP contribution in [0.1, 0.15) is 18.5 Å². The zero-order valence-corrected chi connectivity index (χ0v) is 13.8. The van der Waals surface area contributed by atoms with Crippen molar-refractivity contribution in [2.75, 3.05) is 25.3 Å². The summed E-state index contributed by atoms with van der Waals surface area (Å²) in [5.41, 5.74) is 1.02. The maximum atomic E-state index is 11.4. The second kappa shape index (κ2) is 6.31. The van der Waals surface area contributed by atoms with Crippen LogP contribution < -0.4 is 9.64 Å². The van der Waals surface area contributed by atoms with Crippen LogP contribution in [0.2, 0.25) is 0 Å². The average Bonchev–Trinajstić information content (AvgIpc) is 2.52. The summed E-state index contributed by atoms with van der Waals surface area (Å²) in [5.74, 6) is 1.38. The van der Waals surface area contributed by atoms with Crippen molar-refractivity contribution in [2.24, 2.45) is 0 Å². The lowest BCUT2D eigenvalue weighted by molar-refractivity contribution is 0.406. The second-order valence-corrected chi connectivity index (χ2v) is 6.99. The van der Waals surface area contributed by atoms with Crippen molar-refractivity contribution in [1.82, 2.24) is 10.2 Å². The molecule has 6 nitrogen and oxygen atoms in total. The normalized spacial score (nSPS) is 12.7. The molecule has 1 heterocycles. The molecule has 0 saturated carbocycles. The zero-order valence-electron chi connectivity index (χ0n) is 13.0. The fraction of sp³-hybridized carbons (Fsp3) is 0.333. The number of nitrogens with zero attached hydrogens (tertiary/aromatic N) is 3. The van der Waals surface area contributed by atoms with Gasteiger partial charge in [0.2, 0.25) is 0 Å². The molecule has 1 aromatic carbocycles. The summed E-state index contributed by atoms with van der Waals surface area (Å²) < 4.78 is 28.2. The highest BCUT2D eigenvalue weighted by Crippen LogP contribution is 2.30. The Balaban J connectivity index is 2.29. The first-order valence-corrected chi connectivity index (χ1v) is 8.63. The van der Waals surface area contributed by atoms with E-state index in [1.165, 1.54) is 6.07 Å². The molecule has 0 aliphatic rings. The van der Waals surface area contributed by atoms with E-state index in [4.69, 9.17) is 4.74 Å². The fourth-order valence-electron chi connectivity index (χ4n) is 2.12. The average molecular weight is 321 g/mol. The first-order chi connectivity index (χ1) is 10.3. The van der Waals surface area contributed by atoms with E-state index in [0.717, 1.165) is 17.6 Å². The van der Waals surface area contributed by atoms with E-state index >= 15 is 0 Å². The number of ether oxygens (including phenoxy) is 1. The van der Waals surface area contributed by atoms with Crippen LogP contribution in [0.4, 0.5) is 5.82 Å². The Morgan fingerprint density at radius 1 is 1.14 bits per heavy atom. The van der Waals surface area contributed by atoms with Crippen LogP contribution in [0.25, 0.3) is 0 Å². The van der Waals surface area contributed by atoms with Gasteiger partial charge in [-0.05, 0) is 25.1 Å². The highest BCUT2D eigenvalue weighted by molar-refractivity contribution is 7.90. The highest BCUT2D eigenvalue weighted by Gasteiger charge is 2.18. The number of rotatable bonds is 5. The van der Waals surface area contributed by atoms with Crippen LogP contribution in [-0.4, -0.2) is 39.0 Å². The lowest BCUT2D eigenvalue weighted by Gasteiger charge is -2.27. The Morgan fingerprint density at radius 3 is 2.36 bits per heavy atom. The van der Waals surface area contributed by atoms with Gasteiger partial charge in [0.1, 0.15) is 5.75 Å². The van der Waals surface area contributed by atoms with Crippen molar-refractivity contribution in [3.63, 3.8) is 0 Å². The van der Waals surface area contributed by atoms with E-state index in [2.05, 4.69) is 10.2 Å². The lowest BCUT2D eigenvalue weighted by Crippen LogP contribution is -2.23. The molecule has 0 aliphatic heterocycles. The Bertz CT molecular complexity index is 745. The molecule has 0 radical (unpaired) electrons. The number of para-hydroxylation sites is 1. The van der Waals surface area contributed by atoms with E-state index < -0.39 is 9.84 Å². The summed E-state index contributed by atoms with van der Waals surface area (Å²) in [7, 11) is 0.167. The summed E-state index contributed by atoms with van der Waals surface area (Å²) in [4.78, 5) is 1.91. The van der Waals surface area contributed by atoms with Gasteiger partial charge < -0.3 is 9.64 Å². The van der Waals surface area contributed by atoms with Gasteiger partial charge >= 0.3 is 0 Å². The maximum absolute atomic E-state index is 11.4. The van der Waals surface area contributed by atoms with Crippen LogP contribution in [0, 0.1) is 0 Å². The smallest absolute Gasteiger partial charge is 0.194 e. The largest absolute Gasteiger partial charge is 0.496 e. The number of benzene rings is 1. The second-order valence-electron chi connectivity index (χ2n) is 5.03. The van der Waals surface area contributed by atoms with Crippen LogP contribution in [0.5, 0.6) is 5.75 Å². The molecule has 0 bridgehead atoms. The molecule has 22 heavy (non-hydrogen) atoms. The van der Waals surface area contributed by atoms with Gasteiger partial charge in [0, 0.05) is 18.9 Å². The Kier molecular flexibility index (Phi) is 4.65. The van der Waals surface area contributed by atoms with E-state index in [0.29, 0.717) is 5.82 Å². The first-order valence-electron chi connectivity index (χ1n) is 6.74. The van der Waals surface area contributed by atoms with Gasteiger partial charge in [0.05, 0.1) is 13.2 Å². The minimum absolute atomic E-state index is 0.00506. The summed E-state index contributed by atoms with van der Waals surface area (Å²) in [6, 6.07) is 10.8. The van der Waals surface area contributed by atoms with E-state index in [1.807, 2.05) is 43.1 Å². The quantitative estimate of drug-likeness (QED) is 0.839. The van der Waals surface area contributed by atoms with Gasteiger partial charge in [0.15, 0.2) is 20.7 Å². The molecule has 0 N–H and O–H groups in total. The van der Waals surface area contributed by atoms with Crippen molar-refractivity contribution in [2.45, 2.75) is 18.0 Å². The van der Waals surface area contributed by atoms with Crippen molar-refractivity contribution in [1.29, 1.82) is 0 Å². The molecule has 7 heteroatoms. The van der Waals surface area contributed by atoms with E-state index in [-0.39, 0.29) is 11.1 Å². The molecule has 0 unspecified atom stereocenters. The van der Waals surface area contributed by atoms with Gasteiger partial charge in [-0.2, -0.15) is 0 Å². The Hall–Kier alpha value is -2.15. The van der Waals surface area contributed by atoms with Gasteiger partial charge in [-0.1, -0.05) is 18.2 Å². The van der Waals surface area contributed by atoms with E-state index in [1.54, 1.807) is 13.2 Å². The molecule has 0 aliphatic carbocycles. The third kappa shape index (κ3) is 3.36. The number of methoxy groups -OCH3 is 1. The SMILES string of the molecule is COc1ccccc1[C@H](C)N(C)c1ccc(S(C)(=O)=O)nn1. The third-order valence-corrected chi connectivity index (χ3v) is 4.51. The van der Waals surface area contributed by atoms with E-state index in [9.17, 15) is 8.42 Å². The summed E-state index contributed by atoms with van der Waals surface area (Å²) in [5, 5.41) is 7.75. The highest BCUT2D eigenvalue weighted by atomic mass is 32.2. The van der Waals surface area contributed by atoms with Crippen molar-refractivity contribution in [3.8, 4) is 5.75 Å². The summed E-state index contributed by atoms with van der Waals surface area (Å²) >= 11 is 0. The monoisotopic (exact) mass is 321 g/mol. The predicted octanol–water partition coefficient (Wildman–Crippen LogP) is 2.09. The minimum atomic E-state index is -3.34. The van der Waals surface area contributed by atoms with Crippen molar-refractivity contribution in [3.05, 3.63) is 42.0 Å². The molecule has 1 aromatic heterocycles. The molecule has 0 saturated heterocycles. The topological polar surface area (TPSA) is 72.4 Å². The predicted molar refractivity (Wildman–Crippen MR) is 85.0 cm³/mol. The maximum Gasteiger partial charge on any atom is 0.194 e. The molecule has 118 valence electrons. The van der Waals surface area contributed by atoms with Gasteiger partial charge in [-0.3, -0.25) is 0 Å². The molecule has 0 spiro atoms. The third-order valence-electron chi connectivity index (χ3n) is 3.54. The fourth-order valence-corrected chi connectivity index (χ4v) is 2.62. The Morgan fingerprint density at radius 2 is 1.82 bits per heavy atom. The number of hydrogen-bond acceptors (Lipinski definition) is 6. The lowest BCUT2D eigenvalue weighted by atomic mass is 10.1. The summed E-state index contributed by atoms with van der Waals surface area (Å²) in [6.07, 6.45) is 1.11. The van der Waals surface area contributed by atoms with Gasteiger partial charge in [-0.15, -0.1) is 10.2 Å². The van der Waals surface area contributed by atoms with Gasteiger partial charge in [0.25, 0.3) is 0 Å². The van der Waals surface area contributed by atoms with Crippen LogP contribution in [0.3, 0.4) is 0 Å². The molecule has 1 atom stereocenters. The molecular formula is C15H19N3O3S. The van der Waals surface area contributed by atoms with Crippen LogP contribution >= 0.6 is 0 Å². The van der Waals surface area contributed by atoms with Crippen molar-refractivity contribution >= 4 is 15.7 Å². The first kappa shape index (κ1) is 16.2. The molecular weight excluding hydrogens is 302 g/mol. The molecule has 2 rings (SSSR count). The van der Waals surface area contributed by atoms with Crippen LogP contribution in [0.15, 0.2) is 41.4 Å². The van der Waals surface area contributed by atoms with Crippen molar-refractivity contribution < 1.29 is 13.2 Å². The Labute approximate surface area is 130 Å². The standard InChI is InChI=1S/C15H19N3O3S/c1-11(12-7-5-6-8-13(12)21-3)18(2)14-9-10-15(17-16-14)22(4,19)20/h5-11H,1-4H3/t11-/m0/s1. The zero-order chi connectivity index (χ0) is 16.3.